The van der Waals surface area contributed by atoms with Crippen LogP contribution in [0.3, 0.4) is 0 Å². The number of anilines is 1. The van der Waals surface area contributed by atoms with Gasteiger partial charge >= 0.3 is 5.97 Å². The van der Waals surface area contributed by atoms with E-state index in [4.69, 9.17) is 20.0 Å². The Morgan fingerprint density at radius 1 is 1.29 bits per heavy atom. The van der Waals surface area contributed by atoms with Crippen LogP contribution in [0.2, 0.25) is 0 Å². The van der Waals surface area contributed by atoms with Crippen LogP contribution < -0.4 is 15.8 Å². The Hall–Kier alpha value is -2.96. The molecule has 0 bridgehead atoms. The molecule has 0 saturated carbocycles. The summed E-state index contributed by atoms with van der Waals surface area (Å²) >= 11 is 0. The maximum atomic E-state index is 10.7. The molecule has 0 aliphatic heterocycles. The second kappa shape index (κ2) is 6.47. The minimum atomic E-state index is -1.03. The number of carboxylic acids is 1. The Labute approximate surface area is 120 Å². The molecule has 1 amide bonds. The van der Waals surface area contributed by atoms with Gasteiger partial charge in [0.1, 0.15) is 17.8 Å². The molecule has 0 aliphatic carbocycles. The number of aromatic carboxylic acids is 1. The molecule has 7 nitrogen and oxygen atoms in total. The van der Waals surface area contributed by atoms with Crippen molar-refractivity contribution in [2.24, 2.45) is 5.73 Å². The lowest BCUT2D eigenvalue weighted by molar-refractivity contribution is -0.119. The van der Waals surface area contributed by atoms with Crippen LogP contribution in [0, 0.1) is 0 Å². The summed E-state index contributed by atoms with van der Waals surface area (Å²) in [7, 11) is 0. The summed E-state index contributed by atoms with van der Waals surface area (Å²) in [6, 6.07) is 8.36. The average Bonchev–Trinajstić information content (AvgIpc) is 2.93. The fourth-order valence-electron chi connectivity index (χ4n) is 1.60. The number of primary amides is 1. The molecule has 0 unspecified atom stereocenters. The predicted octanol–water partition coefficient (Wildman–Crippen LogP) is 1.45. The number of ether oxygens (including phenoxy) is 1. The standard InChI is InChI=1S/C14H14N2O5/c15-13(17)8-21-11-3-1-10(2-4-11)16-6-12-5-9(7-20-12)14(18)19/h1-5,7,16H,6,8H2,(H2,15,17)(H,18,19). The quantitative estimate of drug-likeness (QED) is 0.711. The van der Waals surface area contributed by atoms with Gasteiger partial charge in [0, 0.05) is 5.69 Å². The minimum Gasteiger partial charge on any atom is -0.484 e. The van der Waals surface area contributed by atoms with Gasteiger partial charge in [-0.05, 0) is 30.3 Å². The Morgan fingerprint density at radius 2 is 2.00 bits per heavy atom. The summed E-state index contributed by atoms with van der Waals surface area (Å²) < 4.78 is 10.2. The zero-order valence-electron chi connectivity index (χ0n) is 11.0. The summed E-state index contributed by atoms with van der Waals surface area (Å²) in [5, 5.41) is 11.8. The number of furan rings is 1. The fraction of sp³-hybridized carbons (Fsp3) is 0.143. The van der Waals surface area contributed by atoms with E-state index >= 15 is 0 Å². The maximum Gasteiger partial charge on any atom is 0.338 e. The highest BCUT2D eigenvalue weighted by Gasteiger charge is 2.07. The van der Waals surface area contributed by atoms with Crippen LogP contribution >= 0.6 is 0 Å². The van der Waals surface area contributed by atoms with Crippen LogP contribution in [0.15, 0.2) is 41.0 Å². The predicted molar refractivity (Wildman–Crippen MR) is 74.1 cm³/mol. The Balaban J connectivity index is 1.88. The van der Waals surface area contributed by atoms with Crippen LogP contribution in [0.25, 0.3) is 0 Å². The lowest BCUT2D eigenvalue weighted by Gasteiger charge is -2.06. The molecular formula is C14H14N2O5. The molecule has 110 valence electrons. The summed E-state index contributed by atoms with van der Waals surface area (Å²) in [4.78, 5) is 21.3. The smallest absolute Gasteiger partial charge is 0.338 e. The monoisotopic (exact) mass is 290 g/mol. The highest BCUT2D eigenvalue weighted by molar-refractivity contribution is 5.87. The summed E-state index contributed by atoms with van der Waals surface area (Å²) in [5.74, 6) is -0.517. The highest BCUT2D eigenvalue weighted by atomic mass is 16.5. The molecule has 1 heterocycles. The van der Waals surface area contributed by atoms with Crippen LogP contribution in [-0.4, -0.2) is 23.6 Å². The van der Waals surface area contributed by atoms with Crippen LogP contribution in [0.1, 0.15) is 16.1 Å². The van der Waals surface area contributed by atoms with E-state index in [2.05, 4.69) is 5.32 Å². The van der Waals surface area contributed by atoms with E-state index in [9.17, 15) is 9.59 Å². The van der Waals surface area contributed by atoms with Gasteiger partial charge in [0.25, 0.3) is 5.91 Å². The zero-order valence-corrected chi connectivity index (χ0v) is 11.0. The first-order valence-corrected chi connectivity index (χ1v) is 6.10. The van der Waals surface area contributed by atoms with Gasteiger partial charge in [-0.1, -0.05) is 0 Å². The van der Waals surface area contributed by atoms with E-state index in [0.29, 0.717) is 18.1 Å². The zero-order chi connectivity index (χ0) is 15.2. The van der Waals surface area contributed by atoms with Crippen molar-refractivity contribution in [3.8, 4) is 5.75 Å². The van der Waals surface area contributed by atoms with Gasteiger partial charge in [-0.15, -0.1) is 0 Å². The third-order valence-corrected chi connectivity index (χ3v) is 2.60. The number of nitrogens with two attached hydrogens (primary N) is 1. The molecule has 0 spiro atoms. The number of carbonyl (C=O) groups is 2. The Morgan fingerprint density at radius 3 is 2.57 bits per heavy atom. The lowest BCUT2D eigenvalue weighted by atomic mass is 10.3. The average molecular weight is 290 g/mol. The van der Waals surface area contributed by atoms with Gasteiger partial charge in [-0.2, -0.15) is 0 Å². The second-order valence-electron chi connectivity index (χ2n) is 4.24. The van der Waals surface area contributed by atoms with Crippen molar-refractivity contribution in [1.29, 1.82) is 0 Å². The first kappa shape index (κ1) is 14.4. The van der Waals surface area contributed by atoms with Crippen molar-refractivity contribution in [3.63, 3.8) is 0 Å². The van der Waals surface area contributed by atoms with Gasteiger partial charge < -0.3 is 25.3 Å². The number of hydrogen-bond acceptors (Lipinski definition) is 5. The summed E-state index contributed by atoms with van der Waals surface area (Å²) in [5.41, 5.74) is 5.89. The molecule has 0 saturated heterocycles. The number of benzene rings is 1. The lowest BCUT2D eigenvalue weighted by Crippen LogP contribution is -2.19. The number of nitrogens with one attached hydrogen (secondary N) is 1. The molecule has 2 aromatic rings. The molecule has 7 heteroatoms. The Kier molecular flexibility index (Phi) is 4.45. The van der Waals surface area contributed by atoms with Crippen LogP contribution in [0.4, 0.5) is 5.69 Å². The van der Waals surface area contributed by atoms with Crippen molar-refractivity contribution in [3.05, 3.63) is 47.9 Å². The molecule has 1 aromatic carbocycles. The molecule has 2 rings (SSSR count). The summed E-state index contributed by atoms with van der Waals surface area (Å²) in [6.07, 6.45) is 1.19. The molecular weight excluding hydrogens is 276 g/mol. The first-order chi connectivity index (χ1) is 10.0. The van der Waals surface area contributed by atoms with Crippen molar-refractivity contribution in [2.45, 2.75) is 6.54 Å². The van der Waals surface area contributed by atoms with E-state index in [1.165, 1.54) is 12.3 Å². The maximum absolute atomic E-state index is 10.7. The third-order valence-electron chi connectivity index (χ3n) is 2.60. The first-order valence-electron chi connectivity index (χ1n) is 6.10. The molecule has 1 aromatic heterocycles. The van der Waals surface area contributed by atoms with E-state index in [0.717, 1.165) is 5.69 Å². The molecule has 0 fully saturated rings. The van der Waals surface area contributed by atoms with Crippen molar-refractivity contribution in [1.82, 2.24) is 0 Å². The second-order valence-corrected chi connectivity index (χ2v) is 4.24. The molecule has 0 radical (unpaired) electrons. The van der Waals surface area contributed by atoms with E-state index in [1.807, 2.05) is 0 Å². The van der Waals surface area contributed by atoms with Gasteiger partial charge in [-0.3, -0.25) is 4.79 Å². The van der Waals surface area contributed by atoms with Crippen LogP contribution in [0.5, 0.6) is 5.75 Å². The van der Waals surface area contributed by atoms with E-state index in [-0.39, 0.29) is 12.2 Å². The number of amides is 1. The third kappa shape index (κ3) is 4.27. The van der Waals surface area contributed by atoms with Crippen LogP contribution in [-0.2, 0) is 11.3 Å². The van der Waals surface area contributed by atoms with E-state index in [1.54, 1.807) is 24.3 Å². The van der Waals surface area contributed by atoms with Crippen molar-refractivity contribution in [2.75, 3.05) is 11.9 Å². The minimum absolute atomic E-state index is 0.113. The van der Waals surface area contributed by atoms with Crippen molar-refractivity contribution >= 4 is 17.6 Å². The molecule has 21 heavy (non-hydrogen) atoms. The Bertz CT molecular complexity index is 633. The highest BCUT2D eigenvalue weighted by Crippen LogP contribution is 2.17. The normalized spacial score (nSPS) is 10.1. The van der Waals surface area contributed by atoms with Gasteiger partial charge in [0.15, 0.2) is 6.61 Å². The SMILES string of the molecule is NC(=O)COc1ccc(NCc2cc(C(=O)O)co2)cc1. The molecule has 0 atom stereocenters. The number of carbonyl (C=O) groups excluding carboxylic acids is 1. The summed E-state index contributed by atoms with van der Waals surface area (Å²) in [6.45, 7) is 0.186. The number of carboxylic acid groups (broad SMARTS) is 1. The van der Waals surface area contributed by atoms with Gasteiger partial charge in [0.2, 0.25) is 0 Å². The largest absolute Gasteiger partial charge is 0.484 e. The van der Waals surface area contributed by atoms with Crippen molar-refractivity contribution < 1.29 is 23.8 Å². The van der Waals surface area contributed by atoms with E-state index < -0.39 is 11.9 Å². The fourth-order valence-corrected chi connectivity index (χ4v) is 1.60. The number of rotatable bonds is 7. The van der Waals surface area contributed by atoms with Gasteiger partial charge in [0.05, 0.1) is 12.1 Å². The topological polar surface area (TPSA) is 115 Å². The molecule has 4 N–H and O–H groups in total. The molecule has 0 aliphatic rings. The number of hydrogen-bond donors (Lipinski definition) is 3. The van der Waals surface area contributed by atoms with Gasteiger partial charge in [-0.25, -0.2) is 4.79 Å².